The molecule has 1 aromatic carbocycles. The molecule has 4 rings (SSSR count). The summed E-state index contributed by atoms with van der Waals surface area (Å²) in [5, 5.41) is 0. The molecule has 2 fully saturated rings. The van der Waals surface area contributed by atoms with Crippen LogP contribution in [-0.2, 0) is 11.2 Å². The van der Waals surface area contributed by atoms with Gasteiger partial charge in [0, 0.05) is 12.5 Å². The molecule has 3 aliphatic rings. The van der Waals surface area contributed by atoms with Gasteiger partial charge >= 0.3 is 0 Å². The van der Waals surface area contributed by atoms with Crippen LogP contribution in [0.25, 0.3) is 0 Å². The number of likely N-dealkylation sites (tertiary alicyclic amines) is 1. The van der Waals surface area contributed by atoms with Crippen molar-refractivity contribution in [2.75, 3.05) is 0 Å². The lowest BCUT2D eigenvalue weighted by molar-refractivity contribution is -0.129. The smallest absolute Gasteiger partial charge is 0.223 e. The summed E-state index contributed by atoms with van der Waals surface area (Å²) in [7, 11) is 0. The molecule has 2 aliphatic carbocycles. The van der Waals surface area contributed by atoms with E-state index >= 15 is 0 Å². The Bertz CT molecular complexity index is 464. The standard InChI is InChI=1S/C14H15NO/c16-13-8-10-7-9-3-1-2-4-12(9)14(10)15(13)11-5-6-11/h1-4,10-11,14H,5-8H2. The predicted molar refractivity (Wildman–Crippen MR) is 60.9 cm³/mol. The van der Waals surface area contributed by atoms with Crippen molar-refractivity contribution in [2.45, 2.75) is 37.8 Å². The molecular weight excluding hydrogens is 198 g/mol. The number of nitrogens with zero attached hydrogens (tertiary/aromatic N) is 1. The number of hydrogen-bond acceptors (Lipinski definition) is 1. The van der Waals surface area contributed by atoms with E-state index in [1.54, 1.807) is 0 Å². The van der Waals surface area contributed by atoms with Gasteiger partial charge in [-0.05, 0) is 36.3 Å². The number of rotatable bonds is 1. The molecule has 1 aromatic rings. The highest BCUT2D eigenvalue weighted by Gasteiger charge is 2.50. The maximum absolute atomic E-state index is 12.0. The Morgan fingerprint density at radius 1 is 1.12 bits per heavy atom. The molecule has 16 heavy (non-hydrogen) atoms. The fraction of sp³-hybridized carbons (Fsp3) is 0.500. The van der Waals surface area contributed by atoms with Crippen molar-refractivity contribution >= 4 is 5.91 Å². The van der Waals surface area contributed by atoms with Gasteiger partial charge in [0.25, 0.3) is 0 Å². The zero-order chi connectivity index (χ0) is 10.7. The molecule has 2 atom stereocenters. The van der Waals surface area contributed by atoms with E-state index in [-0.39, 0.29) is 0 Å². The van der Waals surface area contributed by atoms with Crippen LogP contribution in [0.3, 0.4) is 0 Å². The van der Waals surface area contributed by atoms with Crippen molar-refractivity contribution in [3.8, 4) is 0 Å². The molecule has 0 spiro atoms. The summed E-state index contributed by atoms with van der Waals surface area (Å²) < 4.78 is 0. The normalized spacial score (nSPS) is 31.8. The summed E-state index contributed by atoms with van der Waals surface area (Å²) in [6.45, 7) is 0. The molecule has 2 unspecified atom stereocenters. The highest BCUT2D eigenvalue weighted by Crippen LogP contribution is 2.50. The minimum absolute atomic E-state index is 0.395. The summed E-state index contributed by atoms with van der Waals surface area (Å²) in [5.41, 5.74) is 2.89. The van der Waals surface area contributed by atoms with E-state index in [9.17, 15) is 4.79 Å². The lowest BCUT2D eigenvalue weighted by Gasteiger charge is -2.24. The predicted octanol–water partition coefficient (Wildman–Crippen LogP) is 2.29. The van der Waals surface area contributed by atoms with Gasteiger partial charge in [0.15, 0.2) is 0 Å². The molecule has 0 radical (unpaired) electrons. The molecule has 1 saturated heterocycles. The fourth-order valence-electron chi connectivity index (χ4n) is 3.49. The van der Waals surface area contributed by atoms with Crippen LogP contribution < -0.4 is 0 Å². The molecule has 0 aromatic heterocycles. The van der Waals surface area contributed by atoms with Gasteiger partial charge in [-0.1, -0.05) is 24.3 Å². The largest absolute Gasteiger partial charge is 0.332 e. The summed E-state index contributed by atoms with van der Waals surface area (Å²) in [4.78, 5) is 14.2. The Morgan fingerprint density at radius 3 is 2.75 bits per heavy atom. The van der Waals surface area contributed by atoms with Gasteiger partial charge in [-0.2, -0.15) is 0 Å². The Labute approximate surface area is 95.3 Å². The zero-order valence-electron chi connectivity index (χ0n) is 9.23. The van der Waals surface area contributed by atoms with Crippen molar-refractivity contribution in [3.63, 3.8) is 0 Å². The topological polar surface area (TPSA) is 20.3 Å². The van der Waals surface area contributed by atoms with E-state index in [0.717, 1.165) is 12.8 Å². The Kier molecular flexibility index (Phi) is 1.58. The van der Waals surface area contributed by atoms with Gasteiger partial charge in [0.2, 0.25) is 5.91 Å². The molecule has 0 N–H and O–H groups in total. The Balaban J connectivity index is 1.80. The molecule has 82 valence electrons. The third-order valence-electron chi connectivity index (χ3n) is 4.27. The average Bonchev–Trinajstić information content (AvgIpc) is 2.96. The van der Waals surface area contributed by atoms with E-state index in [4.69, 9.17) is 0 Å². The van der Waals surface area contributed by atoms with Crippen LogP contribution in [0.2, 0.25) is 0 Å². The quantitative estimate of drug-likeness (QED) is 0.701. The van der Waals surface area contributed by atoms with Gasteiger partial charge < -0.3 is 4.90 Å². The minimum atomic E-state index is 0.395. The first-order valence-electron chi connectivity index (χ1n) is 6.23. The van der Waals surface area contributed by atoms with Crippen LogP contribution in [0.15, 0.2) is 24.3 Å². The van der Waals surface area contributed by atoms with Crippen LogP contribution in [0.4, 0.5) is 0 Å². The second kappa shape index (κ2) is 2.88. The van der Waals surface area contributed by atoms with E-state index < -0.39 is 0 Å². The van der Waals surface area contributed by atoms with E-state index in [1.807, 2.05) is 0 Å². The first-order valence-corrected chi connectivity index (χ1v) is 6.23. The highest BCUT2D eigenvalue weighted by molar-refractivity contribution is 5.81. The minimum Gasteiger partial charge on any atom is -0.332 e. The van der Waals surface area contributed by atoms with Crippen molar-refractivity contribution in [1.29, 1.82) is 0 Å². The third-order valence-corrected chi connectivity index (χ3v) is 4.27. The first-order chi connectivity index (χ1) is 7.84. The van der Waals surface area contributed by atoms with E-state index in [1.165, 1.54) is 24.0 Å². The van der Waals surface area contributed by atoms with Crippen LogP contribution in [-0.4, -0.2) is 16.8 Å². The summed E-state index contributed by atoms with van der Waals surface area (Å²) >= 11 is 0. The molecule has 1 amide bonds. The number of hydrogen-bond donors (Lipinski definition) is 0. The number of fused-ring (bicyclic) bond motifs is 3. The number of benzene rings is 1. The van der Waals surface area contributed by atoms with Crippen molar-refractivity contribution in [2.24, 2.45) is 5.92 Å². The summed E-state index contributed by atoms with van der Waals surface area (Å²) in [5.74, 6) is 0.956. The van der Waals surface area contributed by atoms with Crippen LogP contribution >= 0.6 is 0 Å². The Hall–Kier alpha value is -1.31. The second-order valence-corrected chi connectivity index (χ2v) is 5.34. The van der Waals surface area contributed by atoms with E-state index in [0.29, 0.717) is 23.9 Å². The van der Waals surface area contributed by atoms with Crippen LogP contribution in [0.1, 0.15) is 36.4 Å². The monoisotopic (exact) mass is 213 g/mol. The second-order valence-electron chi connectivity index (χ2n) is 5.34. The van der Waals surface area contributed by atoms with Gasteiger partial charge in [0.1, 0.15) is 0 Å². The number of amides is 1. The average molecular weight is 213 g/mol. The van der Waals surface area contributed by atoms with Gasteiger partial charge in [-0.3, -0.25) is 4.79 Å². The molecule has 1 heterocycles. The van der Waals surface area contributed by atoms with Crippen molar-refractivity contribution in [1.82, 2.24) is 4.90 Å². The molecule has 2 nitrogen and oxygen atoms in total. The lowest BCUT2D eigenvalue weighted by atomic mass is 10.0. The lowest BCUT2D eigenvalue weighted by Crippen LogP contribution is -2.30. The van der Waals surface area contributed by atoms with Crippen molar-refractivity contribution < 1.29 is 4.79 Å². The molecular formula is C14H15NO. The fourth-order valence-corrected chi connectivity index (χ4v) is 3.49. The van der Waals surface area contributed by atoms with Crippen LogP contribution in [0.5, 0.6) is 0 Å². The third kappa shape index (κ3) is 1.05. The highest BCUT2D eigenvalue weighted by atomic mass is 16.2. The molecule has 2 heteroatoms. The van der Waals surface area contributed by atoms with E-state index in [2.05, 4.69) is 29.2 Å². The van der Waals surface area contributed by atoms with Gasteiger partial charge in [-0.25, -0.2) is 0 Å². The maximum atomic E-state index is 12.0. The number of carbonyl (C=O) groups excluding carboxylic acids is 1. The molecule has 1 saturated carbocycles. The first kappa shape index (κ1) is 8.80. The van der Waals surface area contributed by atoms with Crippen molar-refractivity contribution in [3.05, 3.63) is 35.4 Å². The van der Waals surface area contributed by atoms with Gasteiger partial charge in [-0.15, -0.1) is 0 Å². The summed E-state index contributed by atoms with van der Waals surface area (Å²) in [6, 6.07) is 9.64. The van der Waals surface area contributed by atoms with Crippen LogP contribution in [0, 0.1) is 5.92 Å². The zero-order valence-corrected chi connectivity index (χ0v) is 9.23. The number of carbonyl (C=O) groups is 1. The molecule has 1 aliphatic heterocycles. The Morgan fingerprint density at radius 2 is 1.94 bits per heavy atom. The maximum Gasteiger partial charge on any atom is 0.223 e. The van der Waals surface area contributed by atoms with Gasteiger partial charge in [0.05, 0.1) is 6.04 Å². The molecule has 0 bridgehead atoms. The summed E-state index contributed by atoms with van der Waals surface area (Å²) in [6.07, 6.45) is 4.32. The SMILES string of the molecule is O=C1CC2Cc3ccccc3C2N1C1CC1.